The molecule has 0 amide bonds. The molecule has 3 heterocycles. The lowest BCUT2D eigenvalue weighted by Crippen LogP contribution is -2.46. The molecule has 0 spiro atoms. The number of rotatable bonds is 5. The fourth-order valence-corrected chi connectivity index (χ4v) is 3.36. The molecule has 1 fully saturated rings. The molecule has 1 saturated heterocycles. The van der Waals surface area contributed by atoms with Crippen LogP contribution in [-0.4, -0.2) is 64.2 Å². The van der Waals surface area contributed by atoms with Gasteiger partial charge in [-0.1, -0.05) is 30.8 Å². The topological polar surface area (TPSA) is 61.9 Å². The fourth-order valence-electron chi connectivity index (χ4n) is 3.36. The molecule has 0 atom stereocenters. The number of allylic oxidation sites excluding steroid dienone is 1. The van der Waals surface area contributed by atoms with Crippen molar-refractivity contribution in [2.24, 2.45) is 4.99 Å². The SMILES string of the molecule is C=C(Cc1ccc(/C=N/C)cc1)N1CCN(c2ccc3nncn3n2)CC1. The van der Waals surface area contributed by atoms with Gasteiger partial charge in [-0.05, 0) is 23.3 Å². The second-order valence-corrected chi connectivity index (χ2v) is 6.67. The lowest BCUT2D eigenvalue weighted by molar-refractivity contribution is 0.315. The highest BCUT2D eigenvalue weighted by atomic mass is 15.4. The number of hydrogen-bond acceptors (Lipinski definition) is 6. The van der Waals surface area contributed by atoms with Crippen molar-refractivity contribution in [3.05, 3.63) is 66.1 Å². The second-order valence-electron chi connectivity index (χ2n) is 6.67. The van der Waals surface area contributed by atoms with Crippen LogP contribution in [0, 0.1) is 0 Å². The first-order valence-corrected chi connectivity index (χ1v) is 9.09. The second kappa shape index (κ2) is 7.57. The molecule has 4 rings (SSSR count). The fraction of sp³-hybridized carbons (Fsp3) is 0.300. The maximum absolute atomic E-state index is 4.59. The third-order valence-corrected chi connectivity index (χ3v) is 4.86. The van der Waals surface area contributed by atoms with Crippen molar-refractivity contribution in [1.82, 2.24) is 24.7 Å². The van der Waals surface area contributed by atoms with E-state index in [0.717, 1.165) is 55.3 Å². The van der Waals surface area contributed by atoms with E-state index >= 15 is 0 Å². The van der Waals surface area contributed by atoms with Crippen LogP contribution in [0.2, 0.25) is 0 Å². The minimum atomic E-state index is 0.766. The van der Waals surface area contributed by atoms with Gasteiger partial charge in [-0.15, -0.1) is 15.3 Å². The van der Waals surface area contributed by atoms with Crippen LogP contribution < -0.4 is 4.90 Å². The molecule has 1 aliphatic rings. The van der Waals surface area contributed by atoms with E-state index in [2.05, 4.69) is 60.9 Å². The highest BCUT2D eigenvalue weighted by Gasteiger charge is 2.19. The van der Waals surface area contributed by atoms with Crippen LogP contribution in [-0.2, 0) is 6.42 Å². The van der Waals surface area contributed by atoms with E-state index in [4.69, 9.17) is 0 Å². The summed E-state index contributed by atoms with van der Waals surface area (Å²) in [4.78, 5) is 8.71. The summed E-state index contributed by atoms with van der Waals surface area (Å²) in [6.07, 6.45) is 4.37. The minimum absolute atomic E-state index is 0.766. The van der Waals surface area contributed by atoms with E-state index in [1.807, 2.05) is 18.3 Å². The van der Waals surface area contributed by atoms with Crippen LogP contribution in [0.25, 0.3) is 5.65 Å². The molecular formula is C20H23N7. The molecule has 0 bridgehead atoms. The van der Waals surface area contributed by atoms with Gasteiger partial charge in [-0.2, -0.15) is 4.52 Å². The van der Waals surface area contributed by atoms with Crippen molar-refractivity contribution in [2.75, 3.05) is 38.1 Å². The molecule has 3 aromatic rings. The van der Waals surface area contributed by atoms with Crippen LogP contribution in [0.4, 0.5) is 5.82 Å². The number of nitrogens with zero attached hydrogens (tertiary/aromatic N) is 7. The summed E-state index contributed by atoms with van der Waals surface area (Å²) in [5.74, 6) is 0.959. The largest absolute Gasteiger partial charge is 0.371 e. The van der Waals surface area contributed by atoms with Crippen molar-refractivity contribution in [3.8, 4) is 0 Å². The Bertz CT molecular complexity index is 950. The molecule has 0 aliphatic carbocycles. The molecule has 7 nitrogen and oxygen atoms in total. The zero-order chi connectivity index (χ0) is 18.6. The molecule has 138 valence electrons. The Morgan fingerprint density at radius 3 is 2.63 bits per heavy atom. The number of aromatic nitrogens is 4. The van der Waals surface area contributed by atoms with Crippen molar-refractivity contribution in [3.63, 3.8) is 0 Å². The lowest BCUT2D eigenvalue weighted by Gasteiger charge is -2.37. The summed E-state index contributed by atoms with van der Waals surface area (Å²) in [5.41, 5.74) is 4.32. The van der Waals surface area contributed by atoms with E-state index in [9.17, 15) is 0 Å². The van der Waals surface area contributed by atoms with Crippen LogP contribution in [0.15, 0.2) is 60.0 Å². The van der Waals surface area contributed by atoms with Gasteiger partial charge in [-0.25, -0.2) is 0 Å². The van der Waals surface area contributed by atoms with Crippen LogP contribution in [0.3, 0.4) is 0 Å². The Labute approximate surface area is 158 Å². The third kappa shape index (κ3) is 3.81. The molecule has 27 heavy (non-hydrogen) atoms. The summed E-state index contributed by atoms with van der Waals surface area (Å²) in [6.45, 7) is 8.04. The number of hydrogen-bond donors (Lipinski definition) is 0. The maximum atomic E-state index is 4.59. The van der Waals surface area contributed by atoms with Gasteiger partial charge < -0.3 is 9.80 Å². The number of anilines is 1. The Balaban J connectivity index is 1.34. The van der Waals surface area contributed by atoms with Gasteiger partial charge in [0.15, 0.2) is 5.65 Å². The first-order valence-electron chi connectivity index (χ1n) is 9.09. The zero-order valence-electron chi connectivity index (χ0n) is 15.5. The van der Waals surface area contributed by atoms with E-state index in [1.165, 1.54) is 5.56 Å². The van der Waals surface area contributed by atoms with Gasteiger partial charge in [0, 0.05) is 51.6 Å². The highest BCUT2D eigenvalue weighted by molar-refractivity contribution is 5.79. The van der Waals surface area contributed by atoms with E-state index in [0.29, 0.717) is 0 Å². The Morgan fingerprint density at radius 2 is 1.89 bits per heavy atom. The number of piperazine rings is 1. The predicted molar refractivity (Wildman–Crippen MR) is 107 cm³/mol. The van der Waals surface area contributed by atoms with Crippen LogP contribution in [0.1, 0.15) is 11.1 Å². The van der Waals surface area contributed by atoms with E-state index in [1.54, 1.807) is 17.9 Å². The Kier molecular flexibility index (Phi) is 4.82. The van der Waals surface area contributed by atoms with Crippen molar-refractivity contribution in [2.45, 2.75) is 6.42 Å². The first kappa shape index (κ1) is 17.2. The summed E-state index contributed by atoms with van der Waals surface area (Å²) in [7, 11) is 1.79. The first-order chi connectivity index (χ1) is 13.2. The Morgan fingerprint density at radius 1 is 1.11 bits per heavy atom. The quantitative estimate of drug-likeness (QED) is 0.651. The van der Waals surface area contributed by atoms with Crippen LogP contribution in [0.5, 0.6) is 0 Å². The number of fused-ring (bicyclic) bond motifs is 1. The van der Waals surface area contributed by atoms with Gasteiger partial charge in [0.05, 0.1) is 0 Å². The van der Waals surface area contributed by atoms with Gasteiger partial charge in [0.2, 0.25) is 0 Å². The monoisotopic (exact) mass is 361 g/mol. The van der Waals surface area contributed by atoms with Gasteiger partial charge in [0.1, 0.15) is 12.1 Å². The molecule has 0 N–H and O–H groups in total. The number of benzene rings is 1. The van der Waals surface area contributed by atoms with Gasteiger partial charge in [-0.3, -0.25) is 4.99 Å². The minimum Gasteiger partial charge on any atom is -0.371 e. The van der Waals surface area contributed by atoms with Crippen molar-refractivity contribution in [1.29, 1.82) is 0 Å². The van der Waals surface area contributed by atoms with Crippen molar-refractivity contribution < 1.29 is 0 Å². The molecule has 0 radical (unpaired) electrons. The summed E-state index contributed by atoms with van der Waals surface area (Å²) in [6, 6.07) is 12.5. The van der Waals surface area contributed by atoms with Gasteiger partial charge >= 0.3 is 0 Å². The Hall–Kier alpha value is -3.22. The summed E-state index contributed by atoms with van der Waals surface area (Å²) >= 11 is 0. The molecule has 0 unspecified atom stereocenters. The molecule has 1 aliphatic heterocycles. The van der Waals surface area contributed by atoms with Crippen LogP contribution >= 0.6 is 0 Å². The predicted octanol–water partition coefficient (Wildman–Crippen LogP) is 2.05. The molecular weight excluding hydrogens is 338 g/mol. The van der Waals surface area contributed by atoms with Gasteiger partial charge in [0.25, 0.3) is 0 Å². The standard InChI is InChI=1S/C20H23N7/c1-16(13-17-3-5-18(6-4-17)14-21-2)25-9-11-26(12-10-25)20-8-7-19-23-22-15-27(19)24-20/h3-8,14-15H,1,9-13H2,2H3/b21-14+. The van der Waals surface area contributed by atoms with E-state index in [-0.39, 0.29) is 0 Å². The molecule has 1 aromatic carbocycles. The third-order valence-electron chi connectivity index (χ3n) is 4.86. The average molecular weight is 361 g/mol. The molecule has 7 heteroatoms. The number of aliphatic imine (C=N–C) groups is 1. The zero-order valence-corrected chi connectivity index (χ0v) is 15.5. The smallest absolute Gasteiger partial charge is 0.177 e. The molecule has 0 saturated carbocycles. The maximum Gasteiger partial charge on any atom is 0.177 e. The van der Waals surface area contributed by atoms with E-state index < -0.39 is 0 Å². The highest BCUT2D eigenvalue weighted by Crippen LogP contribution is 2.18. The summed E-state index contributed by atoms with van der Waals surface area (Å²) in [5, 5.41) is 12.5. The average Bonchev–Trinajstić information content (AvgIpc) is 3.17. The summed E-state index contributed by atoms with van der Waals surface area (Å²) < 4.78 is 1.72. The normalized spacial score (nSPS) is 15.0. The lowest BCUT2D eigenvalue weighted by atomic mass is 10.1. The molecule has 2 aromatic heterocycles. The van der Waals surface area contributed by atoms with Crippen molar-refractivity contribution >= 4 is 17.7 Å².